The van der Waals surface area contributed by atoms with E-state index in [1.165, 1.54) is 19.1 Å². The molecule has 1 aromatic carbocycles. The number of nitrogens with one attached hydrogen (secondary N) is 2. The van der Waals surface area contributed by atoms with Gasteiger partial charge in [-0.2, -0.15) is 4.72 Å². The third kappa shape index (κ3) is 4.21. The zero-order valence-electron chi connectivity index (χ0n) is 11.9. The Bertz CT molecular complexity index is 585. The van der Waals surface area contributed by atoms with Gasteiger partial charge in [0.1, 0.15) is 0 Å². The Balaban J connectivity index is 2.87. The highest BCUT2D eigenvalue weighted by atomic mass is 32.2. The number of rotatable bonds is 6. The Morgan fingerprint density at radius 1 is 1.40 bits per heavy atom. The first kappa shape index (κ1) is 16.5. The van der Waals surface area contributed by atoms with Gasteiger partial charge in [-0.15, -0.1) is 0 Å². The summed E-state index contributed by atoms with van der Waals surface area (Å²) in [5, 5.41) is 2.64. The van der Waals surface area contributed by atoms with E-state index in [1.54, 1.807) is 13.0 Å². The largest absolute Gasteiger partial charge is 0.399 e. The van der Waals surface area contributed by atoms with Crippen molar-refractivity contribution in [3.05, 3.63) is 23.8 Å². The molecule has 0 spiro atoms. The molecule has 1 rings (SSSR count). The molecule has 0 aliphatic rings. The standard InChI is InChI=1S/C13H21N3O3S/c1-4-7-15-13(17)10(3)16-20(18,19)12-6-5-11(14)8-9(12)2/h5-6,8,10,16H,4,7,14H2,1-3H3,(H,15,17). The van der Waals surface area contributed by atoms with Crippen LogP contribution in [0.2, 0.25) is 0 Å². The van der Waals surface area contributed by atoms with Crippen molar-refractivity contribution in [3.8, 4) is 0 Å². The highest BCUT2D eigenvalue weighted by Crippen LogP contribution is 2.17. The van der Waals surface area contributed by atoms with Gasteiger partial charge in [0, 0.05) is 12.2 Å². The quantitative estimate of drug-likeness (QED) is 0.675. The minimum Gasteiger partial charge on any atom is -0.399 e. The van der Waals surface area contributed by atoms with E-state index in [1.807, 2.05) is 6.92 Å². The fraction of sp³-hybridized carbons (Fsp3) is 0.462. The number of carbonyl (C=O) groups excluding carboxylic acids is 1. The molecule has 7 heteroatoms. The summed E-state index contributed by atoms with van der Waals surface area (Å²) in [6, 6.07) is 3.70. The van der Waals surface area contributed by atoms with Crippen molar-refractivity contribution in [1.29, 1.82) is 0 Å². The maximum absolute atomic E-state index is 12.2. The summed E-state index contributed by atoms with van der Waals surface area (Å²) >= 11 is 0. The number of hydrogen-bond acceptors (Lipinski definition) is 4. The van der Waals surface area contributed by atoms with Crippen molar-refractivity contribution in [2.45, 2.75) is 38.1 Å². The fourth-order valence-electron chi connectivity index (χ4n) is 1.73. The Morgan fingerprint density at radius 2 is 2.05 bits per heavy atom. The molecule has 20 heavy (non-hydrogen) atoms. The lowest BCUT2D eigenvalue weighted by Crippen LogP contribution is -2.45. The van der Waals surface area contributed by atoms with Gasteiger partial charge in [-0.25, -0.2) is 8.42 Å². The Kier molecular flexibility index (Phi) is 5.52. The number of anilines is 1. The first-order valence-corrected chi connectivity index (χ1v) is 7.92. The lowest BCUT2D eigenvalue weighted by atomic mass is 10.2. The lowest BCUT2D eigenvalue weighted by molar-refractivity contribution is -0.122. The number of aryl methyl sites for hydroxylation is 1. The van der Waals surface area contributed by atoms with E-state index in [0.29, 0.717) is 17.8 Å². The summed E-state index contributed by atoms with van der Waals surface area (Å²) in [5.74, 6) is -0.344. The number of benzene rings is 1. The fourth-order valence-corrected chi connectivity index (χ4v) is 3.15. The summed E-state index contributed by atoms with van der Waals surface area (Å²) in [6.07, 6.45) is 0.794. The van der Waals surface area contributed by atoms with Gasteiger partial charge in [-0.05, 0) is 44.0 Å². The minimum absolute atomic E-state index is 0.127. The average molecular weight is 299 g/mol. The van der Waals surface area contributed by atoms with Crippen molar-refractivity contribution in [3.63, 3.8) is 0 Å². The molecule has 0 saturated heterocycles. The van der Waals surface area contributed by atoms with Crippen LogP contribution in [0.4, 0.5) is 5.69 Å². The molecule has 0 saturated carbocycles. The number of sulfonamides is 1. The summed E-state index contributed by atoms with van der Waals surface area (Å²) < 4.78 is 26.8. The molecule has 0 aliphatic carbocycles. The van der Waals surface area contributed by atoms with E-state index >= 15 is 0 Å². The molecule has 112 valence electrons. The summed E-state index contributed by atoms with van der Waals surface area (Å²) in [5.41, 5.74) is 6.63. The third-order valence-corrected chi connectivity index (χ3v) is 4.46. The second-order valence-corrected chi connectivity index (χ2v) is 6.34. The van der Waals surface area contributed by atoms with Gasteiger partial charge in [-0.3, -0.25) is 4.79 Å². The Hall–Kier alpha value is -1.60. The van der Waals surface area contributed by atoms with E-state index in [9.17, 15) is 13.2 Å². The number of hydrogen-bond donors (Lipinski definition) is 3. The van der Waals surface area contributed by atoms with Crippen LogP contribution in [-0.2, 0) is 14.8 Å². The number of amides is 1. The van der Waals surface area contributed by atoms with Crippen LogP contribution in [0.5, 0.6) is 0 Å². The Morgan fingerprint density at radius 3 is 2.60 bits per heavy atom. The minimum atomic E-state index is -3.74. The SMILES string of the molecule is CCCNC(=O)C(C)NS(=O)(=O)c1ccc(N)cc1C. The monoisotopic (exact) mass is 299 g/mol. The summed E-state index contributed by atoms with van der Waals surface area (Å²) in [7, 11) is -3.74. The number of carbonyl (C=O) groups is 1. The lowest BCUT2D eigenvalue weighted by Gasteiger charge is -2.15. The van der Waals surface area contributed by atoms with E-state index < -0.39 is 16.1 Å². The predicted octanol–water partition coefficient (Wildman–Crippen LogP) is 0.770. The normalized spacial score (nSPS) is 12.9. The van der Waals surface area contributed by atoms with Gasteiger partial charge in [0.25, 0.3) is 0 Å². The van der Waals surface area contributed by atoms with Crippen LogP contribution >= 0.6 is 0 Å². The zero-order valence-corrected chi connectivity index (χ0v) is 12.8. The van der Waals surface area contributed by atoms with Crippen molar-refractivity contribution >= 4 is 21.6 Å². The molecule has 1 unspecified atom stereocenters. The van der Waals surface area contributed by atoms with E-state index in [0.717, 1.165) is 6.42 Å². The second-order valence-electron chi connectivity index (χ2n) is 4.66. The van der Waals surface area contributed by atoms with Crippen LogP contribution in [0.3, 0.4) is 0 Å². The van der Waals surface area contributed by atoms with Crippen molar-refractivity contribution in [1.82, 2.24) is 10.0 Å². The molecule has 0 bridgehead atoms. The van der Waals surface area contributed by atoms with Gasteiger partial charge in [0.05, 0.1) is 10.9 Å². The van der Waals surface area contributed by atoms with Crippen LogP contribution in [0.1, 0.15) is 25.8 Å². The first-order valence-electron chi connectivity index (χ1n) is 6.44. The van der Waals surface area contributed by atoms with Crippen LogP contribution in [-0.4, -0.2) is 26.9 Å². The van der Waals surface area contributed by atoms with E-state index in [4.69, 9.17) is 5.73 Å². The van der Waals surface area contributed by atoms with E-state index in [2.05, 4.69) is 10.0 Å². The smallest absolute Gasteiger partial charge is 0.241 e. The van der Waals surface area contributed by atoms with E-state index in [-0.39, 0.29) is 10.8 Å². The van der Waals surface area contributed by atoms with Crippen molar-refractivity contribution in [2.24, 2.45) is 0 Å². The maximum atomic E-state index is 12.2. The maximum Gasteiger partial charge on any atom is 0.241 e. The summed E-state index contributed by atoms with van der Waals surface area (Å²) in [4.78, 5) is 11.8. The molecule has 1 aromatic rings. The molecule has 1 atom stereocenters. The average Bonchev–Trinajstić information content (AvgIpc) is 2.34. The van der Waals surface area contributed by atoms with Crippen molar-refractivity contribution in [2.75, 3.05) is 12.3 Å². The molecule has 4 N–H and O–H groups in total. The van der Waals surface area contributed by atoms with Crippen LogP contribution < -0.4 is 15.8 Å². The van der Waals surface area contributed by atoms with Crippen LogP contribution in [0.25, 0.3) is 0 Å². The molecule has 0 aliphatic heterocycles. The van der Waals surface area contributed by atoms with Gasteiger partial charge >= 0.3 is 0 Å². The van der Waals surface area contributed by atoms with Crippen molar-refractivity contribution < 1.29 is 13.2 Å². The molecular weight excluding hydrogens is 278 g/mol. The topological polar surface area (TPSA) is 101 Å². The highest BCUT2D eigenvalue weighted by molar-refractivity contribution is 7.89. The third-order valence-electron chi connectivity index (χ3n) is 2.76. The second kappa shape index (κ2) is 6.71. The van der Waals surface area contributed by atoms with Crippen LogP contribution in [0, 0.1) is 6.92 Å². The number of nitrogen functional groups attached to an aromatic ring is 1. The summed E-state index contributed by atoms with van der Waals surface area (Å²) in [6.45, 7) is 5.61. The molecule has 0 fully saturated rings. The molecule has 0 radical (unpaired) electrons. The predicted molar refractivity (Wildman–Crippen MR) is 78.7 cm³/mol. The highest BCUT2D eigenvalue weighted by Gasteiger charge is 2.23. The zero-order chi connectivity index (χ0) is 15.3. The molecule has 0 heterocycles. The molecular formula is C13H21N3O3S. The van der Waals surface area contributed by atoms with Gasteiger partial charge in [0.15, 0.2) is 0 Å². The van der Waals surface area contributed by atoms with Gasteiger partial charge in [0.2, 0.25) is 15.9 Å². The molecule has 1 amide bonds. The van der Waals surface area contributed by atoms with Gasteiger partial charge < -0.3 is 11.1 Å². The first-order chi connectivity index (χ1) is 9.27. The molecule has 6 nitrogen and oxygen atoms in total. The Labute approximate surface area is 119 Å². The van der Waals surface area contributed by atoms with Gasteiger partial charge in [-0.1, -0.05) is 6.92 Å². The molecule has 0 aromatic heterocycles. The number of nitrogens with two attached hydrogens (primary N) is 1. The van der Waals surface area contributed by atoms with Crippen LogP contribution in [0.15, 0.2) is 23.1 Å².